The maximum absolute atomic E-state index is 12.3. The number of rotatable bonds is 4. The van der Waals surface area contributed by atoms with Crippen molar-refractivity contribution < 1.29 is 13.9 Å². The zero-order valence-electron chi connectivity index (χ0n) is 16.3. The van der Waals surface area contributed by atoms with Gasteiger partial charge in [0.2, 0.25) is 5.88 Å². The van der Waals surface area contributed by atoms with Crippen LogP contribution in [0.4, 0.5) is 5.69 Å². The van der Waals surface area contributed by atoms with Gasteiger partial charge in [0, 0.05) is 6.07 Å². The quantitative estimate of drug-likeness (QED) is 0.651. The van der Waals surface area contributed by atoms with Gasteiger partial charge in [0.25, 0.3) is 5.91 Å². The van der Waals surface area contributed by atoms with Gasteiger partial charge in [-0.1, -0.05) is 32.9 Å². The minimum absolute atomic E-state index is 0.0997. The molecule has 0 spiro atoms. The molecule has 0 aliphatic carbocycles. The first-order valence-electron chi connectivity index (χ1n) is 8.85. The number of ether oxygens (including phenoxy) is 1. The summed E-state index contributed by atoms with van der Waals surface area (Å²) < 4.78 is 11.2. The first-order valence-corrected chi connectivity index (χ1v) is 8.85. The van der Waals surface area contributed by atoms with Crippen molar-refractivity contribution in [1.29, 1.82) is 0 Å². The summed E-state index contributed by atoms with van der Waals surface area (Å²) in [6.07, 6.45) is 1.57. The topological polar surface area (TPSA) is 64.4 Å². The van der Waals surface area contributed by atoms with E-state index >= 15 is 0 Å². The Hall–Kier alpha value is -3.08. The molecule has 0 saturated heterocycles. The van der Waals surface area contributed by atoms with Crippen LogP contribution in [0, 0.1) is 13.8 Å². The van der Waals surface area contributed by atoms with E-state index in [1.807, 2.05) is 19.1 Å². The summed E-state index contributed by atoms with van der Waals surface area (Å²) in [5.41, 5.74) is 2.45. The Morgan fingerprint density at radius 2 is 1.78 bits per heavy atom. The second kappa shape index (κ2) is 7.27. The molecule has 0 aliphatic rings. The molecule has 0 saturated carbocycles. The number of carbonyl (C=O) groups excluding carboxylic acids is 1. The molecule has 0 radical (unpaired) electrons. The van der Waals surface area contributed by atoms with E-state index in [1.54, 1.807) is 31.3 Å². The highest BCUT2D eigenvalue weighted by atomic mass is 16.5. The molecule has 5 nitrogen and oxygen atoms in total. The third-order valence-corrected chi connectivity index (χ3v) is 4.22. The molecule has 27 heavy (non-hydrogen) atoms. The van der Waals surface area contributed by atoms with Gasteiger partial charge in [0.1, 0.15) is 17.3 Å². The van der Waals surface area contributed by atoms with Gasteiger partial charge in [0.05, 0.1) is 17.4 Å². The minimum atomic E-state index is -0.224. The summed E-state index contributed by atoms with van der Waals surface area (Å²) in [4.78, 5) is 16.6. The lowest BCUT2D eigenvalue weighted by Gasteiger charge is -2.19. The van der Waals surface area contributed by atoms with Crippen molar-refractivity contribution in [2.24, 2.45) is 0 Å². The van der Waals surface area contributed by atoms with Gasteiger partial charge in [-0.25, -0.2) is 4.98 Å². The van der Waals surface area contributed by atoms with Crippen molar-refractivity contribution in [3.05, 3.63) is 71.3 Å². The molecule has 0 fully saturated rings. The molecule has 5 heteroatoms. The Morgan fingerprint density at radius 3 is 2.30 bits per heavy atom. The molecule has 1 amide bonds. The van der Waals surface area contributed by atoms with Crippen LogP contribution in [0.15, 0.2) is 53.1 Å². The molecule has 140 valence electrons. The molecule has 0 bridgehead atoms. The normalized spacial score (nSPS) is 11.3. The SMILES string of the molecule is Cc1cc(C(=O)Nc2ccc(Oc3ccc(C(C)(C)C)cc3)nc2)c(C)o1. The van der Waals surface area contributed by atoms with Crippen LogP contribution in [0.25, 0.3) is 0 Å². The Morgan fingerprint density at radius 1 is 1.07 bits per heavy atom. The highest BCUT2D eigenvalue weighted by Crippen LogP contribution is 2.26. The number of hydrogen-bond acceptors (Lipinski definition) is 4. The van der Waals surface area contributed by atoms with Gasteiger partial charge in [-0.2, -0.15) is 0 Å². The summed E-state index contributed by atoms with van der Waals surface area (Å²) in [5.74, 6) is 2.26. The fourth-order valence-electron chi connectivity index (χ4n) is 2.71. The Labute approximate surface area is 159 Å². The number of aromatic nitrogens is 1. The van der Waals surface area contributed by atoms with Crippen LogP contribution in [0.2, 0.25) is 0 Å². The second-order valence-electron chi connectivity index (χ2n) is 7.54. The summed E-state index contributed by atoms with van der Waals surface area (Å²) in [7, 11) is 0. The number of furan rings is 1. The van der Waals surface area contributed by atoms with Crippen LogP contribution in [0.5, 0.6) is 11.6 Å². The van der Waals surface area contributed by atoms with Crippen molar-refractivity contribution in [3.8, 4) is 11.6 Å². The summed E-state index contributed by atoms with van der Waals surface area (Å²) in [6.45, 7) is 10.1. The van der Waals surface area contributed by atoms with Gasteiger partial charge in [0.15, 0.2) is 0 Å². The van der Waals surface area contributed by atoms with Crippen molar-refractivity contribution in [2.75, 3.05) is 5.32 Å². The number of benzene rings is 1. The van der Waals surface area contributed by atoms with Crippen LogP contribution >= 0.6 is 0 Å². The minimum Gasteiger partial charge on any atom is -0.466 e. The summed E-state index contributed by atoms with van der Waals surface area (Å²) in [5, 5.41) is 2.81. The van der Waals surface area contributed by atoms with Crippen LogP contribution in [-0.4, -0.2) is 10.9 Å². The van der Waals surface area contributed by atoms with Crippen molar-refractivity contribution in [3.63, 3.8) is 0 Å². The Bertz CT molecular complexity index is 933. The molecule has 1 aromatic carbocycles. The number of nitrogens with one attached hydrogen (secondary N) is 1. The van der Waals surface area contributed by atoms with E-state index < -0.39 is 0 Å². The molecular weight excluding hydrogens is 340 g/mol. The highest BCUT2D eigenvalue weighted by molar-refractivity contribution is 6.04. The van der Waals surface area contributed by atoms with Gasteiger partial charge in [-0.15, -0.1) is 0 Å². The van der Waals surface area contributed by atoms with Crippen molar-refractivity contribution >= 4 is 11.6 Å². The third-order valence-electron chi connectivity index (χ3n) is 4.22. The van der Waals surface area contributed by atoms with Gasteiger partial charge < -0.3 is 14.5 Å². The lowest BCUT2D eigenvalue weighted by Crippen LogP contribution is -2.12. The number of hydrogen-bond donors (Lipinski definition) is 1. The maximum Gasteiger partial charge on any atom is 0.259 e. The average molecular weight is 364 g/mol. The molecule has 3 rings (SSSR count). The van der Waals surface area contributed by atoms with Crippen LogP contribution in [0.3, 0.4) is 0 Å². The maximum atomic E-state index is 12.3. The van der Waals surface area contributed by atoms with E-state index in [-0.39, 0.29) is 11.3 Å². The number of anilines is 1. The van der Waals surface area contributed by atoms with Gasteiger partial charge in [-0.3, -0.25) is 4.79 Å². The lowest BCUT2D eigenvalue weighted by atomic mass is 9.87. The van der Waals surface area contributed by atoms with E-state index in [4.69, 9.17) is 9.15 Å². The summed E-state index contributed by atoms with van der Waals surface area (Å²) >= 11 is 0. The summed E-state index contributed by atoms with van der Waals surface area (Å²) in [6, 6.07) is 13.2. The van der Waals surface area contributed by atoms with Crippen LogP contribution in [0.1, 0.15) is 48.2 Å². The molecule has 0 atom stereocenters. The largest absolute Gasteiger partial charge is 0.466 e. The van der Waals surface area contributed by atoms with Crippen molar-refractivity contribution in [2.45, 2.75) is 40.0 Å². The molecular formula is C22H24N2O3. The monoisotopic (exact) mass is 364 g/mol. The number of aryl methyl sites for hydroxylation is 2. The fourth-order valence-corrected chi connectivity index (χ4v) is 2.71. The van der Waals surface area contributed by atoms with Crippen LogP contribution in [-0.2, 0) is 5.41 Å². The number of nitrogens with zero attached hydrogens (tertiary/aromatic N) is 1. The Balaban J connectivity index is 1.65. The molecule has 1 N–H and O–H groups in total. The average Bonchev–Trinajstić information content (AvgIpc) is 2.95. The smallest absolute Gasteiger partial charge is 0.259 e. The molecule has 2 heterocycles. The first-order chi connectivity index (χ1) is 12.7. The van der Waals surface area contributed by atoms with E-state index in [2.05, 4.69) is 43.2 Å². The van der Waals surface area contributed by atoms with Crippen LogP contribution < -0.4 is 10.1 Å². The van der Waals surface area contributed by atoms with E-state index in [9.17, 15) is 4.79 Å². The predicted octanol–water partition coefficient (Wildman–Crippen LogP) is 5.63. The number of amides is 1. The van der Waals surface area contributed by atoms with E-state index in [0.717, 1.165) is 5.75 Å². The molecule has 0 aliphatic heterocycles. The number of carbonyl (C=O) groups is 1. The van der Waals surface area contributed by atoms with E-state index in [0.29, 0.717) is 28.7 Å². The van der Waals surface area contributed by atoms with Gasteiger partial charge >= 0.3 is 0 Å². The standard InChI is InChI=1S/C22H24N2O3/c1-14-12-19(15(2)26-14)21(25)24-17-8-11-20(23-13-17)27-18-9-6-16(7-10-18)22(3,4)5/h6-13H,1-5H3,(H,24,25). The molecule has 2 aromatic heterocycles. The van der Waals surface area contributed by atoms with E-state index in [1.165, 1.54) is 5.56 Å². The zero-order valence-corrected chi connectivity index (χ0v) is 16.3. The zero-order chi connectivity index (χ0) is 19.6. The Kier molecular flexibility index (Phi) is 5.04. The first kappa shape index (κ1) is 18.7. The molecule has 3 aromatic rings. The fraction of sp³-hybridized carbons (Fsp3) is 0.273. The highest BCUT2D eigenvalue weighted by Gasteiger charge is 2.15. The molecule has 0 unspecified atom stereocenters. The van der Waals surface area contributed by atoms with Crippen molar-refractivity contribution in [1.82, 2.24) is 4.98 Å². The number of pyridine rings is 1. The second-order valence-corrected chi connectivity index (χ2v) is 7.54. The van der Waals surface area contributed by atoms with Gasteiger partial charge in [-0.05, 0) is 49.1 Å². The third kappa shape index (κ3) is 4.56. The predicted molar refractivity (Wildman–Crippen MR) is 106 cm³/mol. The lowest BCUT2D eigenvalue weighted by molar-refractivity contribution is 0.102.